The van der Waals surface area contributed by atoms with Crippen LogP contribution in [0.5, 0.6) is 5.75 Å². The number of rotatable bonds is 4. The molecule has 0 radical (unpaired) electrons. The predicted molar refractivity (Wildman–Crippen MR) is 80.6 cm³/mol. The Balaban J connectivity index is 1.96. The Morgan fingerprint density at radius 1 is 1.45 bits per heavy atom. The Labute approximate surface area is 121 Å². The molecule has 1 aromatic rings. The number of benzene rings is 1. The molecule has 3 heteroatoms. The highest BCUT2D eigenvalue weighted by atomic mass is 16.5. The predicted octanol–water partition coefficient (Wildman–Crippen LogP) is 3.63. The van der Waals surface area contributed by atoms with E-state index in [0.717, 1.165) is 12.1 Å². The van der Waals surface area contributed by atoms with Crippen LogP contribution in [0.3, 0.4) is 0 Å². The summed E-state index contributed by atoms with van der Waals surface area (Å²) in [4.78, 5) is 0. The van der Waals surface area contributed by atoms with Crippen LogP contribution >= 0.6 is 0 Å². The Kier molecular flexibility index (Phi) is 4.67. The minimum absolute atomic E-state index is 0.452. The summed E-state index contributed by atoms with van der Waals surface area (Å²) in [5, 5.41) is 12.7. The summed E-state index contributed by atoms with van der Waals surface area (Å²) in [7, 11) is 1.60. The first-order valence-electron chi connectivity index (χ1n) is 7.34. The van der Waals surface area contributed by atoms with Gasteiger partial charge in [-0.3, -0.25) is 0 Å². The molecular weight excluding hydrogens is 248 g/mol. The summed E-state index contributed by atoms with van der Waals surface area (Å²) in [6, 6.07) is 8.59. The Morgan fingerprint density at radius 2 is 2.25 bits per heavy atom. The van der Waals surface area contributed by atoms with E-state index >= 15 is 0 Å². The number of nitrogens with zero attached hydrogens (tertiary/aromatic N) is 1. The van der Waals surface area contributed by atoms with E-state index in [1.165, 1.54) is 25.7 Å². The van der Waals surface area contributed by atoms with Gasteiger partial charge < -0.3 is 10.1 Å². The number of ether oxygens (including phenoxy) is 1. The van der Waals surface area contributed by atoms with Gasteiger partial charge in [-0.05, 0) is 42.4 Å². The third-order valence-corrected chi connectivity index (χ3v) is 4.18. The smallest absolute Gasteiger partial charge is 0.136 e. The molecule has 0 bridgehead atoms. The van der Waals surface area contributed by atoms with Crippen LogP contribution in [0.15, 0.2) is 18.2 Å². The topological polar surface area (TPSA) is 45.0 Å². The largest absolute Gasteiger partial charge is 0.495 e. The molecule has 0 saturated heterocycles. The fourth-order valence-electron chi connectivity index (χ4n) is 3.09. The molecule has 1 fully saturated rings. The van der Waals surface area contributed by atoms with Crippen LogP contribution in [0.1, 0.15) is 50.7 Å². The molecule has 0 aliphatic heterocycles. The lowest BCUT2D eigenvalue weighted by Gasteiger charge is -2.35. The van der Waals surface area contributed by atoms with Gasteiger partial charge in [0.1, 0.15) is 11.8 Å². The van der Waals surface area contributed by atoms with Crippen molar-refractivity contribution >= 4 is 0 Å². The van der Waals surface area contributed by atoms with Crippen LogP contribution in [0.2, 0.25) is 0 Å². The number of nitrogens with one attached hydrogen (secondary N) is 1. The lowest BCUT2D eigenvalue weighted by atomic mass is 9.75. The molecular formula is C17H24N2O. The van der Waals surface area contributed by atoms with Crippen molar-refractivity contribution in [3.63, 3.8) is 0 Å². The first kappa shape index (κ1) is 14.9. The van der Waals surface area contributed by atoms with Gasteiger partial charge in [0, 0.05) is 12.6 Å². The summed E-state index contributed by atoms with van der Waals surface area (Å²) < 4.78 is 5.17. The van der Waals surface area contributed by atoms with Crippen molar-refractivity contribution in [2.75, 3.05) is 7.11 Å². The second kappa shape index (κ2) is 6.28. The van der Waals surface area contributed by atoms with Crippen molar-refractivity contribution in [2.45, 2.75) is 52.1 Å². The minimum atomic E-state index is 0.452. The number of methoxy groups -OCH3 is 1. The van der Waals surface area contributed by atoms with Crippen LogP contribution in [0.4, 0.5) is 0 Å². The molecule has 3 nitrogen and oxygen atoms in total. The summed E-state index contributed by atoms with van der Waals surface area (Å²) in [6.07, 6.45) is 5.11. The molecule has 0 amide bonds. The van der Waals surface area contributed by atoms with Gasteiger partial charge in [0.2, 0.25) is 0 Å². The summed E-state index contributed by atoms with van der Waals surface area (Å²) in [5.74, 6) is 0.648. The van der Waals surface area contributed by atoms with Crippen molar-refractivity contribution in [3.8, 4) is 11.8 Å². The van der Waals surface area contributed by atoms with Crippen LogP contribution < -0.4 is 10.1 Å². The first-order chi connectivity index (χ1) is 9.54. The average Bonchev–Trinajstić information content (AvgIpc) is 2.43. The normalized spacial score (nSPS) is 21.2. The maximum absolute atomic E-state index is 9.11. The summed E-state index contributed by atoms with van der Waals surface area (Å²) in [6.45, 7) is 5.52. The molecule has 1 aliphatic carbocycles. The molecule has 108 valence electrons. The summed E-state index contributed by atoms with van der Waals surface area (Å²) in [5.41, 5.74) is 2.20. The van der Waals surface area contributed by atoms with Crippen LogP contribution in [-0.2, 0) is 6.54 Å². The van der Waals surface area contributed by atoms with Gasteiger partial charge in [0.25, 0.3) is 0 Å². The van der Waals surface area contributed by atoms with Gasteiger partial charge in [-0.25, -0.2) is 0 Å². The molecule has 1 atom stereocenters. The average molecular weight is 272 g/mol. The van der Waals surface area contributed by atoms with E-state index in [1.54, 1.807) is 7.11 Å². The zero-order valence-corrected chi connectivity index (χ0v) is 12.7. The molecule has 1 unspecified atom stereocenters. The molecule has 1 aromatic carbocycles. The van der Waals surface area contributed by atoms with Crippen molar-refractivity contribution in [3.05, 3.63) is 29.3 Å². The number of nitriles is 1. The van der Waals surface area contributed by atoms with Crippen molar-refractivity contribution in [1.29, 1.82) is 5.26 Å². The van der Waals surface area contributed by atoms with Gasteiger partial charge in [-0.1, -0.05) is 26.3 Å². The van der Waals surface area contributed by atoms with E-state index in [-0.39, 0.29) is 0 Å². The number of hydrogen-bond donors (Lipinski definition) is 1. The highest BCUT2D eigenvalue weighted by Gasteiger charge is 2.27. The van der Waals surface area contributed by atoms with Gasteiger partial charge in [-0.2, -0.15) is 5.26 Å². The third kappa shape index (κ3) is 3.74. The van der Waals surface area contributed by atoms with Crippen LogP contribution in [0, 0.1) is 16.7 Å². The minimum Gasteiger partial charge on any atom is -0.495 e. The molecule has 1 N–H and O–H groups in total. The number of hydrogen-bond acceptors (Lipinski definition) is 3. The molecule has 20 heavy (non-hydrogen) atoms. The third-order valence-electron chi connectivity index (χ3n) is 4.18. The van der Waals surface area contributed by atoms with Gasteiger partial charge in [-0.15, -0.1) is 0 Å². The highest BCUT2D eigenvalue weighted by molar-refractivity contribution is 5.45. The van der Waals surface area contributed by atoms with E-state index in [4.69, 9.17) is 10.00 Å². The Bertz CT molecular complexity index is 502. The zero-order valence-electron chi connectivity index (χ0n) is 12.7. The van der Waals surface area contributed by atoms with E-state index < -0.39 is 0 Å². The maximum Gasteiger partial charge on any atom is 0.136 e. The van der Waals surface area contributed by atoms with E-state index in [2.05, 4.69) is 25.2 Å². The van der Waals surface area contributed by atoms with Gasteiger partial charge in [0.05, 0.1) is 12.7 Å². The molecule has 1 aliphatic rings. The summed E-state index contributed by atoms with van der Waals surface area (Å²) >= 11 is 0. The lowest BCUT2D eigenvalue weighted by molar-refractivity contribution is 0.198. The molecule has 0 spiro atoms. The molecule has 1 saturated carbocycles. The second-order valence-corrected chi connectivity index (χ2v) is 6.48. The van der Waals surface area contributed by atoms with Crippen molar-refractivity contribution < 1.29 is 4.74 Å². The van der Waals surface area contributed by atoms with Crippen molar-refractivity contribution in [1.82, 2.24) is 5.32 Å². The second-order valence-electron chi connectivity index (χ2n) is 6.48. The molecule has 0 heterocycles. The van der Waals surface area contributed by atoms with Gasteiger partial charge >= 0.3 is 0 Å². The monoisotopic (exact) mass is 272 g/mol. The fraction of sp³-hybridized carbons (Fsp3) is 0.588. The maximum atomic E-state index is 9.11. The van der Waals surface area contributed by atoms with Crippen LogP contribution in [-0.4, -0.2) is 13.2 Å². The van der Waals surface area contributed by atoms with E-state index in [9.17, 15) is 0 Å². The molecule has 0 aromatic heterocycles. The zero-order chi connectivity index (χ0) is 14.6. The Hall–Kier alpha value is -1.53. The SMILES string of the molecule is COc1ccc(CNC2CCCC(C)(C)C2)cc1C#N. The van der Waals surface area contributed by atoms with Crippen molar-refractivity contribution in [2.24, 2.45) is 5.41 Å². The lowest BCUT2D eigenvalue weighted by Crippen LogP contribution is -2.36. The fourth-order valence-corrected chi connectivity index (χ4v) is 3.09. The van der Waals surface area contributed by atoms with Crippen LogP contribution in [0.25, 0.3) is 0 Å². The standard InChI is InChI=1S/C17H24N2O/c1-17(2)8-4-5-15(10-17)19-12-13-6-7-16(20-3)14(9-13)11-18/h6-7,9,15,19H,4-5,8,10,12H2,1-3H3. The highest BCUT2D eigenvalue weighted by Crippen LogP contribution is 2.35. The molecule has 2 rings (SSSR count). The Morgan fingerprint density at radius 3 is 2.90 bits per heavy atom. The van der Waals surface area contributed by atoms with Gasteiger partial charge in [0.15, 0.2) is 0 Å². The van der Waals surface area contributed by atoms with E-state index in [0.29, 0.717) is 22.8 Å². The first-order valence-corrected chi connectivity index (χ1v) is 7.34. The van der Waals surface area contributed by atoms with E-state index in [1.807, 2.05) is 18.2 Å². The quantitative estimate of drug-likeness (QED) is 0.910.